The molecule has 0 aliphatic carbocycles. The molecule has 282 valence electrons. The van der Waals surface area contributed by atoms with Crippen molar-refractivity contribution >= 4 is 5.78 Å². The van der Waals surface area contributed by atoms with E-state index >= 15 is 0 Å². The maximum absolute atomic E-state index is 12.5. The van der Waals surface area contributed by atoms with E-state index < -0.39 is 18.1 Å². The van der Waals surface area contributed by atoms with Crippen molar-refractivity contribution in [1.29, 1.82) is 0 Å². The molecule has 3 atom stereocenters. The number of aliphatic hydroxyl groups excluding tert-OH is 3. The van der Waals surface area contributed by atoms with Crippen LogP contribution in [0.2, 0.25) is 0 Å². The van der Waals surface area contributed by atoms with Crippen LogP contribution >= 0.6 is 0 Å². The highest BCUT2D eigenvalue weighted by Crippen LogP contribution is 2.20. The van der Waals surface area contributed by atoms with Crippen molar-refractivity contribution < 1.29 is 20.1 Å². The number of aliphatic hydroxyl groups is 3. The molecule has 0 aliphatic rings. The fourth-order valence-electron chi connectivity index (χ4n) is 7.12. The molecule has 0 saturated heterocycles. The average molecular weight is 667 g/mol. The molecular formula is C43H86O4. The van der Waals surface area contributed by atoms with Gasteiger partial charge in [0, 0.05) is 25.4 Å². The van der Waals surface area contributed by atoms with Gasteiger partial charge in [-0.1, -0.05) is 219 Å². The summed E-state index contributed by atoms with van der Waals surface area (Å²) < 4.78 is 0. The third kappa shape index (κ3) is 33.8. The lowest BCUT2D eigenvalue weighted by atomic mass is 9.90. The van der Waals surface area contributed by atoms with Crippen molar-refractivity contribution in [2.45, 2.75) is 257 Å². The highest BCUT2D eigenvalue weighted by atomic mass is 16.3. The monoisotopic (exact) mass is 667 g/mol. The molecule has 47 heavy (non-hydrogen) atoms. The lowest BCUT2D eigenvalue weighted by Gasteiger charge is -2.25. The van der Waals surface area contributed by atoms with Crippen molar-refractivity contribution in [3.8, 4) is 0 Å². The Balaban J connectivity index is 3.56. The van der Waals surface area contributed by atoms with E-state index in [2.05, 4.69) is 13.8 Å². The van der Waals surface area contributed by atoms with E-state index in [1.165, 1.54) is 186 Å². The highest BCUT2D eigenvalue weighted by Gasteiger charge is 2.27. The fraction of sp³-hybridized carbons (Fsp3) is 0.977. The van der Waals surface area contributed by atoms with Crippen LogP contribution < -0.4 is 0 Å². The smallest absolute Gasteiger partial charge is 0.133 e. The van der Waals surface area contributed by atoms with Crippen molar-refractivity contribution in [3.05, 3.63) is 0 Å². The van der Waals surface area contributed by atoms with Gasteiger partial charge >= 0.3 is 0 Å². The summed E-state index contributed by atoms with van der Waals surface area (Å²) in [5, 5.41) is 30.9. The summed E-state index contributed by atoms with van der Waals surface area (Å²) in [6, 6.07) is 0. The van der Waals surface area contributed by atoms with Crippen LogP contribution in [0.25, 0.3) is 0 Å². The van der Waals surface area contributed by atoms with Crippen LogP contribution in [-0.4, -0.2) is 39.9 Å². The van der Waals surface area contributed by atoms with Crippen LogP contribution in [0.1, 0.15) is 245 Å². The van der Waals surface area contributed by atoms with Crippen LogP contribution in [0.4, 0.5) is 0 Å². The van der Waals surface area contributed by atoms with E-state index in [0.717, 1.165) is 25.7 Å². The van der Waals surface area contributed by atoms with Gasteiger partial charge in [-0.05, 0) is 12.8 Å². The Morgan fingerprint density at radius 2 is 0.702 bits per heavy atom. The first-order valence-corrected chi connectivity index (χ1v) is 21.5. The summed E-state index contributed by atoms with van der Waals surface area (Å²) in [5.74, 6) is -0.441. The van der Waals surface area contributed by atoms with E-state index in [0.29, 0.717) is 12.8 Å². The van der Waals surface area contributed by atoms with Gasteiger partial charge in [-0.3, -0.25) is 4.79 Å². The largest absolute Gasteiger partial charge is 0.396 e. The molecule has 0 fully saturated rings. The quantitative estimate of drug-likeness (QED) is 0.0569. The predicted octanol–water partition coefficient (Wildman–Crippen LogP) is 13.0. The topological polar surface area (TPSA) is 77.8 Å². The van der Waals surface area contributed by atoms with E-state index in [9.17, 15) is 20.1 Å². The molecule has 0 unspecified atom stereocenters. The first kappa shape index (κ1) is 46.5. The number of hydrogen-bond acceptors (Lipinski definition) is 4. The number of carbonyl (C=O) groups excluding carboxylic acids is 1. The van der Waals surface area contributed by atoms with Crippen molar-refractivity contribution in [1.82, 2.24) is 0 Å². The lowest BCUT2D eigenvalue weighted by molar-refractivity contribution is -0.123. The van der Waals surface area contributed by atoms with Gasteiger partial charge in [0.05, 0.1) is 12.2 Å². The molecule has 0 aromatic carbocycles. The first-order chi connectivity index (χ1) is 23.1. The Morgan fingerprint density at radius 3 is 1.00 bits per heavy atom. The minimum atomic E-state index is -1.02. The molecule has 0 aliphatic heterocycles. The number of ketones is 1. The van der Waals surface area contributed by atoms with Crippen LogP contribution in [0.3, 0.4) is 0 Å². The summed E-state index contributed by atoms with van der Waals surface area (Å²) >= 11 is 0. The zero-order chi connectivity index (χ0) is 34.5. The summed E-state index contributed by atoms with van der Waals surface area (Å²) in [5.41, 5.74) is 0. The summed E-state index contributed by atoms with van der Waals surface area (Å²) in [4.78, 5) is 12.5. The van der Waals surface area contributed by atoms with Gasteiger partial charge in [-0.25, -0.2) is 0 Å². The maximum atomic E-state index is 12.5. The zero-order valence-corrected chi connectivity index (χ0v) is 32.1. The van der Waals surface area contributed by atoms with Crippen LogP contribution in [0, 0.1) is 5.92 Å². The van der Waals surface area contributed by atoms with E-state index in [1.807, 2.05) is 0 Å². The van der Waals surface area contributed by atoms with Crippen molar-refractivity contribution in [3.63, 3.8) is 0 Å². The van der Waals surface area contributed by atoms with Crippen molar-refractivity contribution in [2.75, 3.05) is 6.61 Å². The van der Waals surface area contributed by atoms with Gasteiger partial charge in [-0.15, -0.1) is 0 Å². The van der Waals surface area contributed by atoms with Gasteiger partial charge in [0.1, 0.15) is 5.78 Å². The second-order valence-corrected chi connectivity index (χ2v) is 15.2. The highest BCUT2D eigenvalue weighted by molar-refractivity contribution is 5.78. The Kier molecular flexibility index (Phi) is 38.0. The molecule has 0 radical (unpaired) electrons. The van der Waals surface area contributed by atoms with Crippen LogP contribution in [0.5, 0.6) is 0 Å². The maximum Gasteiger partial charge on any atom is 0.133 e. The summed E-state index contributed by atoms with van der Waals surface area (Å²) in [6.07, 6.45) is 42.9. The van der Waals surface area contributed by atoms with Crippen LogP contribution in [0.15, 0.2) is 0 Å². The molecule has 0 spiro atoms. The number of Topliss-reactive ketones (excluding diaryl/α,β-unsaturated/α-hetero) is 1. The molecule has 0 rings (SSSR count). The SMILES string of the molecule is CCCCCCCCCCCCCCCCCCCCCCCC(=O)C[C@@H](CO)[C@H](O)[C@H](O)CCCCCCCCCCCCCC. The van der Waals surface area contributed by atoms with Gasteiger partial charge in [0.15, 0.2) is 0 Å². The third-order valence-corrected chi connectivity index (χ3v) is 10.5. The molecule has 3 N–H and O–H groups in total. The predicted molar refractivity (Wildman–Crippen MR) is 205 cm³/mol. The molecule has 0 heterocycles. The van der Waals surface area contributed by atoms with Crippen LogP contribution in [-0.2, 0) is 4.79 Å². The van der Waals surface area contributed by atoms with Gasteiger partial charge in [-0.2, -0.15) is 0 Å². The normalized spacial score (nSPS) is 13.6. The molecule has 0 aromatic heterocycles. The fourth-order valence-corrected chi connectivity index (χ4v) is 7.12. The molecular weight excluding hydrogens is 580 g/mol. The minimum absolute atomic E-state index is 0.110. The molecule has 4 nitrogen and oxygen atoms in total. The molecule has 0 amide bonds. The Bertz CT molecular complexity index is 609. The zero-order valence-electron chi connectivity index (χ0n) is 32.1. The second kappa shape index (κ2) is 38.4. The Morgan fingerprint density at radius 1 is 0.426 bits per heavy atom. The van der Waals surface area contributed by atoms with E-state index in [4.69, 9.17) is 0 Å². The van der Waals surface area contributed by atoms with Gasteiger partial charge in [0.25, 0.3) is 0 Å². The van der Waals surface area contributed by atoms with Crippen molar-refractivity contribution in [2.24, 2.45) is 5.92 Å². The first-order valence-electron chi connectivity index (χ1n) is 21.5. The Labute approximate surface area is 295 Å². The van der Waals surface area contributed by atoms with E-state index in [-0.39, 0.29) is 18.8 Å². The second-order valence-electron chi connectivity index (χ2n) is 15.2. The number of unbranched alkanes of at least 4 members (excludes halogenated alkanes) is 31. The molecule has 0 bridgehead atoms. The number of hydrogen-bond donors (Lipinski definition) is 3. The van der Waals surface area contributed by atoms with Gasteiger partial charge in [0.2, 0.25) is 0 Å². The molecule has 4 heteroatoms. The third-order valence-electron chi connectivity index (χ3n) is 10.5. The lowest BCUT2D eigenvalue weighted by Crippen LogP contribution is -2.36. The summed E-state index contributed by atoms with van der Waals surface area (Å²) in [7, 11) is 0. The minimum Gasteiger partial charge on any atom is -0.396 e. The Hall–Kier alpha value is -0.450. The standard InChI is InChI=1S/C43H86O4/c1-3-5-7-9-11-13-15-17-18-19-20-21-22-23-24-25-26-28-30-32-34-36-41(45)38-40(39-44)43(47)42(46)37-35-33-31-29-27-16-14-12-10-8-6-4-2/h40,42-44,46-47H,3-39H2,1-2H3/t40-,42+,43-/m0/s1. The van der Waals surface area contributed by atoms with E-state index in [1.54, 1.807) is 0 Å². The molecule has 0 saturated carbocycles. The summed E-state index contributed by atoms with van der Waals surface area (Å²) in [6.45, 7) is 4.30. The number of rotatable bonds is 40. The van der Waals surface area contributed by atoms with Gasteiger partial charge < -0.3 is 15.3 Å². The average Bonchev–Trinajstić information content (AvgIpc) is 3.07. The molecule has 0 aromatic rings. The number of carbonyl (C=O) groups is 1.